The number of nitrogens with one attached hydrogen (secondary N) is 1. The number of amides is 2. The Morgan fingerprint density at radius 1 is 1.14 bits per heavy atom. The Kier molecular flexibility index (Phi) is 5.40. The molecular formula is C22H21FN2O3S. The number of halogens is 1. The lowest BCUT2D eigenvalue weighted by atomic mass is 9.91. The highest BCUT2D eigenvalue weighted by atomic mass is 32.1. The molecule has 1 N–H and O–H groups in total. The molecule has 1 aliphatic rings. The number of benzene rings is 2. The molecule has 29 heavy (non-hydrogen) atoms. The number of methoxy groups -OCH3 is 2. The number of hydrogen-bond acceptors (Lipinski definition) is 4. The van der Waals surface area contributed by atoms with E-state index in [9.17, 15) is 9.18 Å². The fourth-order valence-electron chi connectivity index (χ4n) is 3.67. The smallest absolute Gasteiger partial charge is 0.322 e. The van der Waals surface area contributed by atoms with Crippen molar-refractivity contribution in [3.8, 4) is 11.5 Å². The second-order valence-corrected chi connectivity index (χ2v) is 7.66. The molecule has 0 aliphatic carbocycles. The molecule has 150 valence electrons. The van der Waals surface area contributed by atoms with E-state index in [4.69, 9.17) is 9.47 Å². The van der Waals surface area contributed by atoms with Crippen molar-refractivity contribution in [3.63, 3.8) is 0 Å². The van der Waals surface area contributed by atoms with Gasteiger partial charge in [-0.3, -0.25) is 0 Å². The Morgan fingerprint density at radius 2 is 1.90 bits per heavy atom. The fraction of sp³-hybridized carbons (Fsp3) is 0.227. The number of carbonyl (C=O) groups is 1. The van der Waals surface area contributed by atoms with Crippen LogP contribution in [0.15, 0.2) is 53.9 Å². The van der Waals surface area contributed by atoms with Gasteiger partial charge in [0.15, 0.2) is 11.5 Å². The molecule has 0 radical (unpaired) electrons. The highest BCUT2D eigenvalue weighted by Crippen LogP contribution is 2.42. The van der Waals surface area contributed by atoms with Crippen LogP contribution in [0.3, 0.4) is 0 Å². The topological polar surface area (TPSA) is 50.8 Å². The Bertz CT molecular complexity index is 1020. The predicted molar refractivity (Wildman–Crippen MR) is 112 cm³/mol. The van der Waals surface area contributed by atoms with Crippen molar-refractivity contribution < 1.29 is 18.7 Å². The molecule has 7 heteroatoms. The minimum Gasteiger partial charge on any atom is -0.493 e. The van der Waals surface area contributed by atoms with Crippen molar-refractivity contribution in [2.75, 3.05) is 26.1 Å². The normalized spacial score (nSPS) is 15.6. The van der Waals surface area contributed by atoms with Crippen LogP contribution in [-0.2, 0) is 6.42 Å². The van der Waals surface area contributed by atoms with Crippen molar-refractivity contribution in [2.24, 2.45) is 0 Å². The monoisotopic (exact) mass is 412 g/mol. The number of ether oxygens (including phenoxy) is 2. The van der Waals surface area contributed by atoms with Gasteiger partial charge < -0.3 is 19.7 Å². The van der Waals surface area contributed by atoms with Crippen LogP contribution in [0.1, 0.15) is 22.0 Å². The summed E-state index contributed by atoms with van der Waals surface area (Å²) < 4.78 is 25.0. The number of urea groups is 1. The van der Waals surface area contributed by atoms with E-state index in [0.717, 1.165) is 16.0 Å². The van der Waals surface area contributed by atoms with Gasteiger partial charge in [0.25, 0.3) is 0 Å². The van der Waals surface area contributed by atoms with Gasteiger partial charge in [0.1, 0.15) is 5.82 Å². The number of hydrogen-bond donors (Lipinski definition) is 1. The van der Waals surface area contributed by atoms with Crippen molar-refractivity contribution >= 4 is 23.1 Å². The quantitative estimate of drug-likeness (QED) is 0.650. The number of fused-ring (bicyclic) bond motifs is 1. The zero-order valence-electron chi connectivity index (χ0n) is 16.1. The summed E-state index contributed by atoms with van der Waals surface area (Å²) in [6, 6.07) is 13.4. The molecule has 5 nitrogen and oxygen atoms in total. The minimum absolute atomic E-state index is 0.167. The van der Waals surface area contributed by atoms with E-state index in [1.165, 1.54) is 6.07 Å². The maximum atomic E-state index is 14.0. The molecule has 0 saturated heterocycles. The third kappa shape index (κ3) is 3.65. The number of anilines is 1. The van der Waals surface area contributed by atoms with Crippen LogP contribution < -0.4 is 14.8 Å². The summed E-state index contributed by atoms with van der Waals surface area (Å²) in [7, 11) is 3.20. The summed E-state index contributed by atoms with van der Waals surface area (Å²) in [4.78, 5) is 15.9. The molecule has 0 spiro atoms. The Hall–Kier alpha value is -3.06. The van der Waals surface area contributed by atoms with Crippen LogP contribution in [0.25, 0.3) is 0 Å². The first kappa shape index (κ1) is 19.3. The molecule has 2 aromatic carbocycles. The van der Waals surface area contributed by atoms with Gasteiger partial charge in [-0.15, -0.1) is 11.3 Å². The number of para-hydroxylation sites is 1. The van der Waals surface area contributed by atoms with Crippen molar-refractivity contribution in [2.45, 2.75) is 12.5 Å². The van der Waals surface area contributed by atoms with Gasteiger partial charge in [0.05, 0.1) is 25.9 Å². The van der Waals surface area contributed by atoms with Gasteiger partial charge in [-0.25, -0.2) is 9.18 Å². The first-order chi connectivity index (χ1) is 14.1. The van der Waals surface area contributed by atoms with Crippen molar-refractivity contribution in [1.82, 2.24) is 4.90 Å². The zero-order chi connectivity index (χ0) is 20.4. The Labute approximate surface area is 172 Å². The first-order valence-corrected chi connectivity index (χ1v) is 10.1. The van der Waals surface area contributed by atoms with Crippen LogP contribution in [0, 0.1) is 5.82 Å². The molecule has 2 amide bonds. The molecule has 0 fully saturated rings. The third-order valence-electron chi connectivity index (χ3n) is 5.06. The molecule has 1 aromatic heterocycles. The first-order valence-electron chi connectivity index (χ1n) is 9.22. The Balaban J connectivity index is 1.74. The van der Waals surface area contributed by atoms with Crippen LogP contribution in [-0.4, -0.2) is 31.7 Å². The maximum Gasteiger partial charge on any atom is 0.322 e. The van der Waals surface area contributed by atoms with Crippen LogP contribution in [0.5, 0.6) is 11.5 Å². The van der Waals surface area contributed by atoms with Gasteiger partial charge >= 0.3 is 6.03 Å². The molecular weight excluding hydrogens is 391 g/mol. The summed E-state index contributed by atoms with van der Waals surface area (Å²) in [6.07, 6.45) is 0.669. The molecule has 0 bridgehead atoms. The highest BCUT2D eigenvalue weighted by Gasteiger charge is 2.34. The van der Waals surface area contributed by atoms with Gasteiger partial charge in [0.2, 0.25) is 0 Å². The van der Waals surface area contributed by atoms with E-state index in [0.29, 0.717) is 24.5 Å². The molecule has 0 unspecified atom stereocenters. The largest absolute Gasteiger partial charge is 0.493 e. The number of nitrogens with zero attached hydrogens (tertiary/aromatic N) is 1. The van der Waals surface area contributed by atoms with E-state index < -0.39 is 5.82 Å². The van der Waals surface area contributed by atoms with Gasteiger partial charge in [-0.2, -0.15) is 0 Å². The van der Waals surface area contributed by atoms with Gasteiger partial charge in [-0.1, -0.05) is 18.2 Å². The standard InChI is InChI=1S/C22H21FN2O3S/c1-27-18-12-14-9-10-25(22(26)24-17-7-4-3-6-16(17)23)21(20-8-5-11-29-20)15(14)13-19(18)28-2/h3-8,11-13,21H,9-10H2,1-2H3,(H,24,26)/t21-/m0/s1. The van der Waals surface area contributed by atoms with E-state index in [1.54, 1.807) is 48.7 Å². The van der Waals surface area contributed by atoms with Crippen molar-refractivity contribution in [3.05, 3.63) is 75.7 Å². The molecule has 2 heterocycles. The SMILES string of the molecule is COc1cc2c(cc1OC)[C@@H](c1cccs1)N(C(=O)Nc1ccccc1F)CC2. The second kappa shape index (κ2) is 8.13. The van der Waals surface area contributed by atoms with Gasteiger partial charge in [-0.05, 0) is 53.3 Å². The predicted octanol–water partition coefficient (Wildman–Crippen LogP) is 5.08. The molecule has 1 aliphatic heterocycles. The average Bonchev–Trinajstić information content (AvgIpc) is 3.27. The lowest BCUT2D eigenvalue weighted by molar-refractivity contribution is 0.194. The lowest BCUT2D eigenvalue weighted by Gasteiger charge is -2.37. The highest BCUT2D eigenvalue weighted by molar-refractivity contribution is 7.10. The summed E-state index contributed by atoms with van der Waals surface area (Å²) in [5, 5.41) is 4.70. The molecule has 0 saturated carbocycles. The number of rotatable bonds is 4. The third-order valence-corrected chi connectivity index (χ3v) is 5.99. The van der Waals surface area contributed by atoms with E-state index >= 15 is 0 Å². The molecule has 4 rings (SSSR count). The number of thiophene rings is 1. The summed E-state index contributed by atoms with van der Waals surface area (Å²) in [6.45, 7) is 0.505. The second-order valence-electron chi connectivity index (χ2n) is 6.68. The van der Waals surface area contributed by atoms with Crippen molar-refractivity contribution in [1.29, 1.82) is 0 Å². The summed E-state index contributed by atoms with van der Waals surface area (Å²) in [5.41, 5.74) is 2.26. The summed E-state index contributed by atoms with van der Waals surface area (Å²) in [5.74, 6) is 0.821. The van der Waals surface area contributed by atoms with E-state index in [-0.39, 0.29) is 17.8 Å². The molecule has 3 aromatic rings. The zero-order valence-corrected chi connectivity index (χ0v) is 17.0. The average molecular weight is 412 g/mol. The summed E-state index contributed by atoms with van der Waals surface area (Å²) >= 11 is 1.58. The maximum absolute atomic E-state index is 14.0. The minimum atomic E-state index is -0.461. The van der Waals surface area contributed by atoms with Gasteiger partial charge in [0, 0.05) is 11.4 Å². The number of carbonyl (C=O) groups excluding carboxylic acids is 1. The van der Waals surface area contributed by atoms with Crippen LogP contribution in [0.2, 0.25) is 0 Å². The van der Waals surface area contributed by atoms with E-state index in [2.05, 4.69) is 5.32 Å². The van der Waals surface area contributed by atoms with Crippen LogP contribution >= 0.6 is 11.3 Å². The van der Waals surface area contributed by atoms with Crippen LogP contribution in [0.4, 0.5) is 14.9 Å². The Morgan fingerprint density at radius 3 is 2.59 bits per heavy atom. The van der Waals surface area contributed by atoms with E-state index in [1.807, 2.05) is 29.6 Å². The lowest BCUT2D eigenvalue weighted by Crippen LogP contribution is -2.42. The molecule has 1 atom stereocenters. The fourth-order valence-corrected chi connectivity index (χ4v) is 4.52.